The number of aromatic nitrogens is 1. The van der Waals surface area contributed by atoms with E-state index < -0.39 is 0 Å². The summed E-state index contributed by atoms with van der Waals surface area (Å²) in [5.41, 5.74) is 5.64. The van der Waals surface area contributed by atoms with Crippen molar-refractivity contribution in [3.8, 4) is 11.1 Å². The van der Waals surface area contributed by atoms with Crippen molar-refractivity contribution >= 4 is 0 Å². The summed E-state index contributed by atoms with van der Waals surface area (Å²) in [5.74, 6) is 0. The highest BCUT2D eigenvalue weighted by Gasteiger charge is 2.03. The summed E-state index contributed by atoms with van der Waals surface area (Å²) in [7, 11) is 0. The van der Waals surface area contributed by atoms with Crippen molar-refractivity contribution in [3.63, 3.8) is 0 Å². The summed E-state index contributed by atoms with van der Waals surface area (Å²) in [6.45, 7) is 4.17. The van der Waals surface area contributed by atoms with E-state index in [-0.39, 0.29) is 6.61 Å². The molecule has 0 bridgehead atoms. The SMILES string of the molecule is Cc1cc(-c2ccncc2C)ccc1CO. The number of nitrogens with zero attached hydrogens (tertiary/aromatic N) is 1. The molecular formula is C14H15NO. The standard InChI is InChI=1S/C14H15NO/c1-10-7-12(3-4-13(10)9-16)14-5-6-15-8-11(14)2/h3-8,16H,9H2,1-2H3. The van der Waals surface area contributed by atoms with Crippen LogP contribution < -0.4 is 0 Å². The van der Waals surface area contributed by atoms with Crippen molar-refractivity contribution in [2.75, 3.05) is 0 Å². The van der Waals surface area contributed by atoms with Crippen molar-refractivity contribution in [1.29, 1.82) is 0 Å². The molecule has 1 aromatic heterocycles. The molecule has 1 aromatic carbocycles. The summed E-state index contributed by atoms with van der Waals surface area (Å²) in [6.07, 6.45) is 3.67. The van der Waals surface area contributed by atoms with Gasteiger partial charge < -0.3 is 5.11 Å². The molecule has 2 rings (SSSR count). The molecule has 1 N–H and O–H groups in total. The smallest absolute Gasteiger partial charge is 0.0684 e. The maximum absolute atomic E-state index is 9.12. The molecule has 0 saturated carbocycles. The van der Waals surface area contributed by atoms with Crippen LogP contribution in [0.2, 0.25) is 0 Å². The summed E-state index contributed by atoms with van der Waals surface area (Å²) < 4.78 is 0. The van der Waals surface area contributed by atoms with Crippen LogP contribution in [0.25, 0.3) is 11.1 Å². The van der Waals surface area contributed by atoms with E-state index in [0.29, 0.717) is 0 Å². The molecule has 2 nitrogen and oxygen atoms in total. The average Bonchev–Trinajstić information content (AvgIpc) is 2.29. The van der Waals surface area contributed by atoms with Crippen molar-refractivity contribution in [1.82, 2.24) is 4.98 Å². The second-order valence-corrected chi connectivity index (χ2v) is 3.99. The van der Waals surface area contributed by atoms with E-state index in [1.54, 1.807) is 6.20 Å². The molecular weight excluding hydrogens is 198 g/mol. The fraction of sp³-hybridized carbons (Fsp3) is 0.214. The molecule has 0 aliphatic rings. The third kappa shape index (κ3) is 1.97. The minimum atomic E-state index is 0.0987. The van der Waals surface area contributed by atoms with E-state index in [0.717, 1.165) is 11.1 Å². The molecule has 2 aromatic rings. The van der Waals surface area contributed by atoms with E-state index in [9.17, 15) is 0 Å². The molecule has 0 unspecified atom stereocenters. The molecule has 0 radical (unpaired) electrons. The Hall–Kier alpha value is -1.67. The Kier molecular flexibility index (Phi) is 3.02. The lowest BCUT2D eigenvalue weighted by molar-refractivity contribution is 0.281. The zero-order valence-electron chi connectivity index (χ0n) is 9.57. The Morgan fingerprint density at radius 1 is 1.12 bits per heavy atom. The maximum atomic E-state index is 9.12. The largest absolute Gasteiger partial charge is 0.392 e. The number of aliphatic hydroxyl groups is 1. The normalized spacial score (nSPS) is 10.4. The van der Waals surface area contributed by atoms with Crippen LogP contribution >= 0.6 is 0 Å². The second-order valence-electron chi connectivity index (χ2n) is 3.99. The van der Waals surface area contributed by atoms with Gasteiger partial charge in [-0.3, -0.25) is 4.98 Å². The molecule has 0 amide bonds. The number of rotatable bonds is 2. The van der Waals surface area contributed by atoms with Crippen LogP contribution in [0.1, 0.15) is 16.7 Å². The Balaban J connectivity index is 2.50. The van der Waals surface area contributed by atoms with Gasteiger partial charge in [0, 0.05) is 12.4 Å². The van der Waals surface area contributed by atoms with E-state index >= 15 is 0 Å². The van der Waals surface area contributed by atoms with Crippen LogP contribution in [0.3, 0.4) is 0 Å². The molecule has 0 spiro atoms. The van der Waals surface area contributed by atoms with Gasteiger partial charge >= 0.3 is 0 Å². The molecule has 82 valence electrons. The first kappa shape index (κ1) is 10.8. The monoisotopic (exact) mass is 213 g/mol. The second kappa shape index (κ2) is 4.45. The van der Waals surface area contributed by atoms with Gasteiger partial charge in [0.2, 0.25) is 0 Å². The highest BCUT2D eigenvalue weighted by molar-refractivity contribution is 5.67. The van der Waals surface area contributed by atoms with Gasteiger partial charge in [0.15, 0.2) is 0 Å². The van der Waals surface area contributed by atoms with Crippen LogP contribution in [-0.4, -0.2) is 10.1 Å². The fourth-order valence-corrected chi connectivity index (χ4v) is 1.84. The van der Waals surface area contributed by atoms with E-state index in [1.807, 2.05) is 31.3 Å². The molecule has 0 saturated heterocycles. The average molecular weight is 213 g/mol. The summed E-state index contributed by atoms with van der Waals surface area (Å²) in [5, 5.41) is 9.12. The van der Waals surface area contributed by atoms with Gasteiger partial charge in [-0.15, -0.1) is 0 Å². The molecule has 16 heavy (non-hydrogen) atoms. The van der Waals surface area contributed by atoms with Gasteiger partial charge in [0.05, 0.1) is 6.61 Å². The van der Waals surface area contributed by atoms with Crippen molar-refractivity contribution in [2.24, 2.45) is 0 Å². The van der Waals surface area contributed by atoms with Crippen LogP contribution in [0, 0.1) is 13.8 Å². The first-order valence-corrected chi connectivity index (χ1v) is 5.33. The van der Waals surface area contributed by atoms with Crippen molar-refractivity contribution in [3.05, 3.63) is 53.3 Å². The minimum absolute atomic E-state index is 0.0987. The Morgan fingerprint density at radius 3 is 2.56 bits per heavy atom. The number of benzene rings is 1. The van der Waals surface area contributed by atoms with Crippen LogP contribution in [0.4, 0.5) is 0 Å². The number of aliphatic hydroxyl groups excluding tert-OH is 1. The Morgan fingerprint density at radius 2 is 1.94 bits per heavy atom. The predicted molar refractivity (Wildman–Crippen MR) is 65.1 cm³/mol. The summed E-state index contributed by atoms with van der Waals surface area (Å²) in [4.78, 5) is 4.09. The minimum Gasteiger partial charge on any atom is -0.392 e. The fourth-order valence-electron chi connectivity index (χ4n) is 1.84. The first-order valence-electron chi connectivity index (χ1n) is 5.33. The topological polar surface area (TPSA) is 33.1 Å². The lowest BCUT2D eigenvalue weighted by Crippen LogP contribution is -1.90. The summed E-state index contributed by atoms with van der Waals surface area (Å²) in [6, 6.07) is 8.14. The lowest BCUT2D eigenvalue weighted by atomic mass is 9.98. The van der Waals surface area contributed by atoms with E-state index in [4.69, 9.17) is 5.11 Å². The molecule has 0 atom stereocenters. The van der Waals surface area contributed by atoms with Gasteiger partial charge in [-0.1, -0.05) is 18.2 Å². The zero-order valence-corrected chi connectivity index (χ0v) is 9.57. The Labute approximate surface area is 95.6 Å². The van der Waals surface area contributed by atoms with Crippen LogP contribution in [0.15, 0.2) is 36.7 Å². The number of hydrogen-bond donors (Lipinski definition) is 1. The van der Waals surface area contributed by atoms with E-state index in [2.05, 4.69) is 18.0 Å². The Bertz CT molecular complexity index is 506. The zero-order chi connectivity index (χ0) is 11.5. The lowest BCUT2D eigenvalue weighted by Gasteiger charge is -2.08. The highest BCUT2D eigenvalue weighted by atomic mass is 16.3. The number of aryl methyl sites for hydroxylation is 2. The van der Waals surface area contributed by atoms with Gasteiger partial charge in [-0.05, 0) is 47.7 Å². The molecule has 1 heterocycles. The highest BCUT2D eigenvalue weighted by Crippen LogP contribution is 2.24. The van der Waals surface area contributed by atoms with Gasteiger partial charge in [-0.2, -0.15) is 0 Å². The predicted octanol–water partition coefficient (Wildman–Crippen LogP) is 2.86. The van der Waals surface area contributed by atoms with Gasteiger partial charge in [-0.25, -0.2) is 0 Å². The molecule has 0 aliphatic carbocycles. The molecule has 0 fully saturated rings. The quantitative estimate of drug-likeness (QED) is 0.832. The van der Waals surface area contributed by atoms with Crippen LogP contribution in [-0.2, 0) is 6.61 Å². The summed E-state index contributed by atoms with van der Waals surface area (Å²) >= 11 is 0. The van der Waals surface area contributed by atoms with E-state index in [1.165, 1.54) is 16.7 Å². The third-order valence-electron chi connectivity index (χ3n) is 2.84. The number of pyridine rings is 1. The third-order valence-corrected chi connectivity index (χ3v) is 2.84. The molecule has 2 heteroatoms. The van der Waals surface area contributed by atoms with Crippen LogP contribution in [0.5, 0.6) is 0 Å². The molecule has 0 aliphatic heterocycles. The number of hydrogen-bond acceptors (Lipinski definition) is 2. The van der Waals surface area contributed by atoms with Gasteiger partial charge in [0.1, 0.15) is 0 Å². The van der Waals surface area contributed by atoms with Crippen molar-refractivity contribution < 1.29 is 5.11 Å². The van der Waals surface area contributed by atoms with Crippen molar-refractivity contribution in [2.45, 2.75) is 20.5 Å². The maximum Gasteiger partial charge on any atom is 0.0684 e. The van der Waals surface area contributed by atoms with Gasteiger partial charge in [0.25, 0.3) is 0 Å². The first-order chi connectivity index (χ1) is 7.72.